The Kier molecular flexibility index (Phi) is 2.79. The van der Waals surface area contributed by atoms with Gasteiger partial charge >= 0.3 is 0 Å². The van der Waals surface area contributed by atoms with Gasteiger partial charge in [-0.25, -0.2) is 0 Å². The fourth-order valence-electron chi connectivity index (χ4n) is 2.66. The van der Waals surface area contributed by atoms with E-state index in [-0.39, 0.29) is 11.9 Å². The summed E-state index contributed by atoms with van der Waals surface area (Å²) in [4.78, 5) is 0. The minimum atomic E-state index is -0.0256. The predicted octanol–water partition coefficient (Wildman–Crippen LogP) is 4.24. The minimum absolute atomic E-state index is 0.0256. The van der Waals surface area contributed by atoms with Crippen molar-refractivity contribution in [2.45, 2.75) is 19.4 Å². The van der Waals surface area contributed by atoms with Crippen molar-refractivity contribution in [2.24, 2.45) is 0 Å². The highest BCUT2D eigenvalue weighted by molar-refractivity contribution is 5.74. The summed E-state index contributed by atoms with van der Waals surface area (Å²) in [6.07, 6.45) is 0.755. The molecule has 3 rings (SSSR count). The minimum Gasteiger partial charge on any atom is -0.508 e. The molecule has 19 heavy (non-hydrogen) atoms. The fourth-order valence-corrected chi connectivity index (χ4v) is 2.66. The third kappa shape index (κ3) is 2.10. The maximum atomic E-state index is 9.70. The highest BCUT2D eigenvalue weighted by atomic mass is 16.5. The average Bonchev–Trinajstić information content (AvgIpc) is 2.38. The molecule has 1 unspecified atom stereocenters. The van der Waals surface area contributed by atoms with Crippen LogP contribution >= 0.6 is 0 Å². The molecule has 0 saturated heterocycles. The fraction of sp³-hybridized carbons (Fsp3) is 0.176. The van der Waals surface area contributed by atoms with Crippen LogP contribution in [0.4, 0.5) is 0 Å². The lowest BCUT2D eigenvalue weighted by Crippen LogP contribution is -2.14. The molecule has 0 amide bonds. The lowest BCUT2D eigenvalue weighted by molar-refractivity contribution is 0.201. The van der Waals surface area contributed by atoms with E-state index < -0.39 is 0 Å². The van der Waals surface area contributed by atoms with Crippen molar-refractivity contribution in [1.82, 2.24) is 0 Å². The van der Waals surface area contributed by atoms with Crippen molar-refractivity contribution in [1.29, 1.82) is 0 Å². The SMILES string of the molecule is C=C1CC(c2ccccc2)Oc2cc(O)cc(C)c21. The first kappa shape index (κ1) is 11.8. The number of hydrogen-bond acceptors (Lipinski definition) is 2. The molecule has 0 bridgehead atoms. The molecule has 1 N–H and O–H groups in total. The molecule has 2 nitrogen and oxygen atoms in total. The zero-order valence-electron chi connectivity index (χ0n) is 10.9. The van der Waals surface area contributed by atoms with Gasteiger partial charge in [0.25, 0.3) is 0 Å². The Morgan fingerprint density at radius 1 is 1.21 bits per heavy atom. The number of benzene rings is 2. The molecule has 0 aliphatic carbocycles. The summed E-state index contributed by atoms with van der Waals surface area (Å²) in [5, 5.41) is 9.70. The molecule has 1 aliphatic rings. The van der Waals surface area contributed by atoms with Gasteiger partial charge in [0.15, 0.2) is 0 Å². The smallest absolute Gasteiger partial charge is 0.131 e. The Balaban J connectivity index is 2.03. The first-order valence-corrected chi connectivity index (χ1v) is 6.38. The van der Waals surface area contributed by atoms with Crippen molar-refractivity contribution in [3.8, 4) is 11.5 Å². The number of phenols is 1. The lowest BCUT2D eigenvalue weighted by atomic mass is 9.91. The Morgan fingerprint density at radius 2 is 1.95 bits per heavy atom. The third-order valence-electron chi connectivity index (χ3n) is 3.51. The Morgan fingerprint density at radius 3 is 2.68 bits per heavy atom. The van der Waals surface area contributed by atoms with Gasteiger partial charge in [-0.2, -0.15) is 0 Å². The van der Waals surface area contributed by atoms with Gasteiger partial charge in [0.1, 0.15) is 17.6 Å². The first-order valence-electron chi connectivity index (χ1n) is 6.38. The van der Waals surface area contributed by atoms with Crippen LogP contribution in [0.25, 0.3) is 5.57 Å². The topological polar surface area (TPSA) is 29.5 Å². The van der Waals surface area contributed by atoms with Gasteiger partial charge in [0, 0.05) is 18.1 Å². The van der Waals surface area contributed by atoms with E-state index in [0.29, 0.717) is 0 Å². The number of ether oxygens (including phenoxy) is 1. The van der Waals surface area contributed by atoms with Crippen LogP contribution < -0.4 is 4.74 Å². The molecule has 0 fully saturated rings. The van der Waals surface area contributed by atoms with Crippen LogP contribution in [0.3, 0.4) is 0 Å². The zero-order valence-corrected chi connectivity index (χ0v) is 10.9. The average molecular weight is 252 g/mol. The van der Waals surface area contributed by atoms with Gasteiger partial charge in [0.2, 0.25) is 0 Å². The molecule has 96 valence electrons. The van der Waals surface area contributed by atoms with Gasteiger partial charge < -0.3 is 9.84 Å². The maximum Gasteiger partial charge on any atom is 0.131 e. The van der Waals surface area contributed by atoms with Crippen LogP contribution in [0.1, 0.15) is 29.2 Å². The Labute approximate surface area is 113 Å². The van der Waals surface area contributed by atoms with Crippen LogP contribution in [0, 0.1) is 6.92 Å². The molecule has 2 aromatic carbocycles. The number of aryl methyl sites for hydroxylation is 1. The van der Waals surface area contributed by atoms with Crippen molar-refractivity contribution in [2.75, 3.05) is 0 Å². The maximum absolute atomic E-state index is 9.70. The van der Waals surface area contributed by atoms with Crippen molar-refractivity contribution in [3.05, 3.63) is 65.7 Å². The number of phenolic OH excluding ortho intramolecular Hbond substituents is 1. The summed E-state index contributed by atoms with van der Waals surface area (Å²) in [5.74, 6) is 0.959. The van der Waals surface area contributed by atoms with Gasteiger partial charge in [-0.3, -0.25) is 0 Å². The summed E-state index contributed by atoms with van der Waals surface area (Å²) < 4.78 is 6.03. The van der Waals surface area contributed by atoms with Crippen LogP contribution in [-0.2, 0) is 0 Å². The van der Waals surface area contributed by atoms with Crippen LogP contribution in [0.15, 0.2) is 49.0 Å². The van der Waals surface area contributed by atoms with Gasteiger partial charge in [-0.1, -0.05) is 36.9 Å². The summed E-state index contributed by atoms with van der Waals surface area (Å²) in [7, 11) is 0. The lowest BCUT2D eigenvalue weighted by Gasteiger charge is -2.29. The quantitative estimate of drug-likeness (QED) is 0.822. The van der Waals surface area contributed by atoms with E-state index in [2.05, 4.69) is 18.7 Å². The second-order valence-corrected chi connectivity index (χ2v) is 4.96. The standard InChI is InChI=1S/C17H16O2/c1-11-8-14(18)10-16-17(11)12(2)9-15(19-16)13-6-4-3-5-7-13/h3-8,10,15,18H,2,9H2,1H3. The van der Waals surface area contributed by atoms with E-state index in [4.69, 9.17) is 4.74 Å². The second kappa shape index (κ2) is 4.47. The van der Waals surface area contributed by atoms with E-state index >= 15 is 0 Å². The molecule has 1 aliphatic heterocycles. The number of aromatic hydroxyl groups is 1. The van der Waals surface area contributed by atoms with Gasteiger partial charge in [-0.05, 0) is 29.7 Å². The molecule has 0 spiro atoms. The molecule has 0 aromatic heterocycles. The van der Waals surface area contributed by atoms with Crippen molar-refractivity contribution >= 4 is 5.57 Å². The van der Waals surface area contributed by atoms with Crippen LogP contribution in [-0.4, -0.2) is 5.11 Å². The molecule has 2 aromatic rings. The Hall–Kier alpha value is -2.22. The zero-order chi connectivity index (χ0) is 13.4. The highest BCUT2D eigenvalue weighted by Crippen LogP contribution is 2.43. The van der Waals surface area contributed by atoms with Gasteiger partial charge in [0.05, 0.1) is 0 Å². The number of hydrogen-bond donors (Lipinski definition) is 1. The third-order valence-corrected chi connectivity index (χ3v) is 3.51. The molecule has 2 heteroatoms. The van der Waals surface area contributed by atoms with E-state index in [0.717, 1.165) is 34.4 Å². The van der Waals surface area contributed by atoms with Crippen molar-refractivity contribution < 1.29 is 9.84 Å². The van der Waals surface area contributed by atoms with E-state index in [1.165, 1.54) is 0 Å². The Bertz CT molecular complexity index is 629. The summed E-state index contributed by atoms with van der Waals surface area (Å²) in [6, 6.07) is 13.5. The first-order chi connectivity index (χ1) is 9.15. The molecule has 1 heterocycles. The normalized spacial score (nSPS) is 17.7. The van der Waals surface area contributed by atoms with E-state index in [1.54, 1.807) is 12.1 Å². The molecule has 0 saturated carbocycles. The van der Waals surface area contributed by atoms with Crippen molar-refractivity contribution in [3.63, 3.8) is 0 Å². The molecule has 0 radical (unpaired) electrons. The van der Waals surface area contributed by atoms with Gasteiger partial charge in [-0.15, -0.1) is 0 Å². The number of fused-ring (bicyclic) bond motifs is 1. The highest BCUT2D eigenvalue weighted by Gasteiger charge is 2.25. The van der Waals surface area contributed by atoms with Crippen LogP contribution in [0.5, 0.6) is 11.5 Å². The van der Waals surface area contributed by atoms with E-state index in [1.807, 2.05) is 25.1 Å². The molecular formula is C17H16O2. The predicted molar refractivity (Wildman–Crippen MR) is 76.3 cm³/mol. The second-order valence-electron chi connectivity index (χ2n) is 4.96. The summed E-state index contributed by atoms with van der Waals surface area (Å²) in [6.45, 7) is 6.13. The number of rotatable bonds is 1. The molecular weight excluding hydrogens is 236 g/mol. The molecule has 1 atom stereocenters. The monoisotopic (exact) mass is 252 g/mol. The van der Waals surface area contributed by atoms with Crippen LogP contribution in [0.2, 0.25) is 0 Å². The largest absolute Gasteiger partial charge is 0.508 e. The summed E-state index contributed by atoms with van der Waals surface area (Å²) in [5.41, 5.74) is 4.24. The summed E-state index contributed by atoms with van der Waals surface area (Å²) >= 11 is 0. The van der Waals surface area contributed by atoms with E-state index in [9.17, 15) is 5.11 Å².